The van der Waals surface area contributed by atoms with Gasteiger partial charge in [-0.15, -0.1) is 0 Å². The molecule has 0 aliphatic carbocycles. The van der Waals surface area contributed by atoms with Crippen LogP contribution >= 0.6 is 11.6 Å². The fourth-order valence-electron chi connectivity index (χ4n) is 1.25. The van der Waals surface area contributed by atoms with Crippen LogP contribution in [0.15, 0.2) is 23.4 Å². The minimum absolute atomic E-state index is 0.0582. The van der Waals surface area contributed by atoms with Gasteiger partial charge in [0.1, 0.15) is 5.82 Å². The van der Waals surface area contributed by atoms with Crippen LogP contribution in [0.2, 0.25) is 5.02 Å². The Hall–Kier alpha value is -1.49. The van der Waals surface area contributed by atoms with Crippen LogP contribution < -0.4 is 11.1 Å². The minimum atomic E-state index is -0.410. The Morgan fingerprint density at radius 3 is 2.88 bits per heavy atom. The van der Waals surface area contributed by atoms with Crippen molar-refractivity contribution in [3.8, 4) is 0 Å². The number of anilines is 1. The molecule has 0 aliphatic heterocycles. The van der Waals surface area contributed by atoms with Crippen molar-refractivity contribution >= 4 is 23.1 Å². The van der Waals surface area contributed by atoms with Crippen LogP contribution in [-0.2, 0) is 0 Å². The van der Waals surface area contributed by atoms with E-state index in [9.17, 15) is 4.39 Å². The highest BCUT2D eigenvalue weighted by atomic mass is 35.5. The largest absolute Gasteiger partial charge is 0.409 e. The Balaban J connectivity index is 2.86. The van der Waals surface area contributed by atoms with Crippen molar-refractivity contribution in [2.45, 2.75) is 19.4 Å². The van der Waals surface area contributed by atoms with Gasteiger partial charge in [-0.05, 0) is 24.6 Å². The summed E-state index contributed by atoms with van der Waals surface area (Å²) in [4.78, 5) is 0. The molecule has 88 valence electrons. The van der Waals surface area contributed by atoms with Gasteiger partial charge in [-0.3, -0.25) is 0 Å². The number of amidine groups is 1. The Labute approximate surface area is 97.9 Å². The monoisotopic (exact) mass is 245 g/mol. The summed E-state index contributed by atoms with van der Waals surface area (Å²) in [7, 11) is 0. The molecule has 0 bridgehead atoms. The first kappa shape index (κ1) is 12.6. The normalized spacial score (nSPS) is 13.6. The molecule has 0 saturated heterocycles. The van der Waals surface area contributed by atoms with Gasteiger partial charge in [0, 0.05) is 0 Å². The van der Waals surface area contributed by atoms with Crippen molar-refractivity contribution in [3.63, 3.8) is 0 Å². The summed E-state index contributed by atoms with van der Waals surface area (Å²) >= 11 is 5.83. The molecule has 1 rings (SSSR count). The molecule has 0 heterocycles. The summed E-state index contributed by atoms with van der Waals surface area (Å²) < 4.78 is 12.8. The number of benzene rings is 1. The zero-order valence-corrected chi connectivity index (χ0v) is 9.50. The van der Waals surface area contributed by atoms with Crippen molar-refractivity contribution < 1.29 is 9.60 Å². The maximum Gasteiger partial charge on any atom is 0.161 e. The third-order valence-corrected chi connectivity index (χ3v) is 2.45. The molecule has 1 unspecified atom stereocenters. The number of hydrogen-bond acceptors (Lipinski definition) is 3. The molecule has 16 heavy (non-hydrogen) atoms. The lowest BCUT2D eigenvalue weighted by molar-refractivity contribution is 0.316. The van der Waals surface area contributed by atoms with Crippen molar-refractivity contribution in [2.75, 3.05) is 5.32 Å². The maximum absolute atomic E-state index is 12.8. The molecule has 0 amide bonds. The number of nitrogens with two attached hydrogens (primary N) is 1. The smallest absolute Gasteiger partial charge is 0.161 e. The minimum Gasteiger partial charge on any atom is -0.409 e. The summed E-state index contributed by atoms with van der Waals surface area (Å²) in [5.74, 6) is -0.352. The lowest BCUT2D eigenvalue weighted by atomic mass is 10.2. The lowest BCUT2D eigenvalue weighted by Crippen LogP contribution is -2.35. The van der Waals surface area contributed by atoms with E-state index in [0.717, 1.165) is 0 Å². The van der Waals surface area contributed by atoms with E-state index in [4.69, 9.17) is 22.5 Å². The summed E-state index contributed by atoms with van der Waals surface area (Å²) in [6, 6.07) is 3.65. The molecule has 0 aromatic heterocycles. The molecular formula is C10H13ClFN3O. The first-order valence-electron chi connectivity index (χ1n) is 4.77. The zero-order chi connectivity index (χ0) is 12.1. The van der Waals surface area contributed by atoms with Crippen molar-refractivity contribution in [2.24, 2.45) is 10.9 Å². The standard InChI is InChI=1S/C10H13ClFN3O/c1-2-8(10(13)15-16)14-9-4-3-6(12)5-7(9)11/h3-5,8,14,16H,2H2,1H3,(H2,13,15). The van der Waals surface area contributed by atoms with Gasteiger partial charge in [-0.2, -0.15) is 0 Å². The highest BCUT2D eigenvalue weighted by Gasteiger charge is 2.13. The van der Waals surface area contributed by atoms with Crippen molar-refractivity contribution in [1.82, 2.24) is 0 Å². The molecule has 0 aliphatic rings. The van der Waals surface area contributed by atoms with Crippen LogP contribution in [0, 0.1) is 5.82 Å². The molecule has 1 aromatic rings. The van der Waals surface area contributed by atoms with Gasteiger partial charge >= 0.3 is 0 Å². The van der Waals surface area contributed by atoms with Crippen LogP contribution in [-0.4, -0.2) is 17.1 Å². The summed E-state index contributed by atoms with van der Waals surface area (Å²) in [6.45, 7) is 1.87. The zero-order valence-electron chi connectivity index (χ0n) is 8.74. The molecule has 4 N–H and O–H groups in total. The van der Waals surface area contributed by atoms with Gasteiger partial charge in [0.15, 0.2) is 5.84 Å². The van der Waals surface area contributed by atoms with E-state index < -0.39 is 5.82 Å². The molecule has 1 atom stereocenters. The van der Waals surface area contributed by atoms with E-state index in [1.165, 1.54) is 18.2 Å². The number of rotatable bonds is 4. The van der Waals surface area contributed by atoms with Crippen LogP contribution in [0.25, 0.3) is 0 Å². The summed E-state index contributed by atoms with van der Waals surface area (Å²) in [5.41, 5.74) is 6.02. The number of oxime groups is 1. The SMILES string of the molecule is CCC(Nc1ccc(F)cc1Cl)C(N)=NO. The number of nitrogens with one attached hydrogen (secondary N) is 1. The summed E-state index contributed by atoms with van der Waals surface area (Å²) in [6.07, 6.45) is 0.615. The maximum atomic E-state index is 12.8. The highest BCUT2D eigenvalue weighted by Crippen LogP contribution is 2.23. The van der Waals surface area contributed by atoms with Gasteiger partial charge in [-0.25, -0.2) is 4.39 Å². The second kappa shape index (κ2) is 5.55. The quantitative estimate of drug-likeness (QED) is 0.330. The molecule has 1 aromatic carbocycles. The van der Waals surface area contributed by atoms with Crippen LogP contribution in [0.3, 0.4) is 0 Å². The van der Waals surface area contributed by atoms with Gasteiger partial charge in [0.05, 0.1) is 16.8 Å². The fourth-order valence-corrected chi connectivity index (χ4v) is 1.47. The van der Waals surface area contributed by atoms with E-state index >= 15 is 0 Å². The summed E-state index contributed by atoms with van der Waals surface area (Å²) in [5, 5.41) is 14.7. The third kappa shape index (κ3) is 3.00. The first-order valence-corrected chi connectivity index (χ1v) is 5.15. The van der Waals surface area contributed by atoms with Gasteiger partial charge in [0.2, 0.25) is 0 Å². The molecular weight excluding hydrogens is 233 g/mol. The van der Waals surface area contributed by atoms with Crippen LogP contribution in [0.1, 0.15) is 13.3 Å². The van der Waals surface area contributed by atoms with E-state index in [1.54, 1.807) is 0 Å². The number of halogens is 2. The Kier molecular flexibility index (Phi) is 4.37. The molecule has 0 saturated carbocycles. The van der Waals surface area contributed by atoms with Crippen LogP contribution in [0.4, 0.5) is 10.1 Å². The van der Waals surface area contributed by atoms with Crippen molar-refractivity contribution in [3.05, 3.63) is 29.0 Å². The topological polar surface area (TPSA) is 70.6 Å². The first-order chi connectivity index (χ1) is 7.58. The van der Waals surface area contributed by atoms with E-state index in [-0.39, 0.29) is 16.9 Å². The van der Waals surface area contributed by atoms with E-state index in [1.807, 2.05) is 6.92 Å². The lowest BCUT2D eigenvalue weighted by Gasteiger charge is -2.17. The highest BCUT2D eigenvalue weighted by molar-refractivity contribution is 6.33. The predicted octanol–water partition coefficient (Wildman–Crippen LogP) is 2.42. The number of hydrogen-bond donors (Lipinski definition) is 3. The average Bonchev–Trinajstić information content (AvgIpc) is 2.27. The number of nitrogens with zero attached hydrogens (tertiary/aromatic N) is 1. The third-order valence-electron chi connectivity index (χ3n) is 2.14. The Morgan fingerprint density at radius 2 is 2.38 bits per heavy atom. The molecule has 6 heteroatoms. The Morgan fingerprint density at radius 1 is 1.69 bits per heavy atom. The molecule has 4 nitrogen and oxygen atoms in total. The predicted molar refractivity (Wildman–Crippen MR) is 62.5 cm³/mol. The molecule has 0 spiro atoms. The van der Waals surface area contributed by atoms with E-state index in [2.05, 4.69) is 10.5 Å². The van der Waals surface area contributed by atoms with Gasteiger partial charge < -0.3 is 16.3 Å². The van der Waals surface area contributed by atoms with Crippen LogP contribution in [0.5, 0.6) is 0 Å². The fraction of sp³-hybridized carbons (Fsp3) is 0.300. The molecule has 0 radical (unpaired) electrons. The van der Waals surface area contributed by atoms with Crippen molar-refractivity contribution in [1.29, 1.82) is 0 Å². The Bertz CT molecular complexity index is 398. The van der Waals surface area contributed by atoms with E-state index in [0.29, 0.717) is 12.1 Å². The van der Waals surface area contributed by atoms with Gasteiger partial charge in [-0.1, -0.05) is 23.7 Å². The average molecular weight is 246 g/mol. The second-order valence-corrected chi connectivity index (χ2v) is 3.66. The van der Waals surface area contributed by atoms with Gasteiger partial charge in [0.25, 0.3) is 0 Å². The molecule has 0 fully saturated rings. The second-order valence-electron chi connectivity index (χ2n) is 3.25.